The van der Waals surface area contributed by atoms with Crippen LogP contribution in [0.25, 0.3) is 0 Å². The monoisotopic (exact) mass is 300 g/mol. The van der Waals surface area contributed by atoms with E-state index in [1.54, 1.807) is 19.1 Å². The smallest absolute Gasteiger partial charge is 0.149 e. The van der Waals surface area contributed by atoms with E-state index in [2.05, 4.69) is 19.2 Å². The van der Waals surface area contributed by atoms with Crippen molar-refractivity contribution < 1.29 is 13.5 Å². The highest BCUT2D eigenvalue weighted by atomic mass is 19.1. The summed E-state index contributed by atoms with van der Waals surface area (Å²) in [5, 5.41) is 3.08. The van der Waals surface area contributed by atoms with Crippen molar-refractivity contribution in [2.45, 2.75) is 26.8 Å². The number of nitrogens with one attached hydrogen (secondary N) is 1. The van der Waals surface area contributed by atoms with Crippen molar-refractivity contribution in [3.05, 3.63) is 29.3 Å². The Morgan fingerprint density at radius 3 is 2.43 bits per heavy atom. The minimum absolute atomic E-state index is 0.0518. The van der Waals surface area contributed by atoms with Gasteiger partial charge in [0.15, 0.2) is 0 Å². The first-order chi connectivity index (χ1) is 9.99. The van der Waals surface area contributed by atoms with Gasteiger partial charge in [0, 0.05) is 33.8 Å². The minimum atomic E-state index is -0.510. The fourth-order valence-corrected chi connectivity index (χ4v) is 2.18. The summed E-state index contributed by atoms with van der Waals surface area (Å²) in [5.41, 5.74) is 0.651. The molecule has 1 aromatic rings. The molecule has 1 rings (SSSR count). The molecule has 0 fully saturated rings. The third-order valence-electron chi connectivity index (χ3n) is 3.55. The van der Waals surface area contributed by atoms with E-state index in [1.807, 2.05) is 0 Å². The lowest BCUT2D eigenvalue weighted by molar-refractivity contribution is 0.199. The normalized spacial score (nSPS) is 12.5. The first kappa shape index (κ1) is 17.9. The van der Waals surface area contributed by atoms with E-state index in [-0.39, 0.29) is 5.69 Å². The first-order valence-corrected chi connectivity index (χ1v) is 7.38. The number of methoxy groups -OCH3 is 1. The van der Waals surface area contributed by atoms with Gasteiger partial charge in [-0.15, -0.1) is 0 Å². The third kappa shape index (κ3) is 5.59. The SMILES string of the molecule is CCC(C)CN(C)c1c(F)cc(CNCCOC)cc1F. The summed E-state index contributed by atoms with van der Waals surface area (Å²) in [4.78, 5) is 1.65. The predicted molar refractivity (Wildman–Crippen MR) is 82.7 cm³/mol. The highest BCUT2D eigenvalue weighted by molar-refractivity contribution is 5.50. The molecule has 1 aromatic carbocycles. The maximum absolute atomic E-state index is 14.2. The molecule has 0 aromatic heterocycles. The maximum Gasteiger partial charge on any atom is 0.149 e. The van der Waals surface area contributed by atoms with E-state index >= 15 is 0 Å². The van der Waals surface area contributed by atoms with Gasteiger partial charge in [0.05, 0.1) is 6.61 Å². The summed E-state index contributed by atoms with van der Waals surface area (Å²) < 4.78 is 33.2. The van der Waals surface area contributed by atoms with Crippen LogP contribution in [0.4, 0.5) is 14.5 Å². The Morgan fingerprint density at radius 2 is 1.90 bits per heavy atom. The third-order valence-corrected chi connectivity index (χ3v) is 3.55. The predicted octanol–water partition coefficient (Wildman–Crippen LogP) is 3.18. The van der Waals surface area contributed by atoms with E-state index in [0.717, 1.165) is 6.42 Å². The summed E-state index contributed by atoms with van der Waals surface area (Å²) in [5.74, 6) is -0.627. The molecule has 0 bridgehead atoms. The molecule has 3 nitrogen and oxygen atoms in total. The number of hydrogen-bond acceptors (Lipinski definition) is 3. The molecule has 0 aliphatic rings. The molecule has 1 N–H and O–H groups in total. The number of hydrogen-bond donors (Lipinski definition) is 1. The van der Waals surface area contributed by atoms with Crippen LogP contribution in [-0.2, 0) is 11.3 Å². The molecule has 0 saturated heterocycles. The minimum Gasteiger partial charge on any atom is -0.383 e. The van der Waals surface area contributed by atoms with Crippen LogP contribution in [0.1, 0.15) is 25.8 Å². The first-order valence-electron chi connectivity index (χ1n) is 7.38. The average molecular weight is 300 g/mol. The van der Waals surface area contributed by atoms with E-state index in [4.69, 9.17) is 4.74 Å². The lowest BCUT2D eigenvalue weighted by Gasteiger charge is -2.24. The number of ether oxygens (including phenoxy) is 1. The average Bonchev–Trinajstić information content (AvgIpc) is 2.42. The van der Waals surface area contributed by atoms with Gasteiger partial charge in [-0.2, -0.15) is 0 Å². The van der Waals surface area contributed by atoms with Crippen LogP contribution < -0.4 is 10.2 Å². The molecule has 0 saturated carbocycles. The zero-order chi connectivity index (χ0) is 15.8. The molecule has 0 heterocycles. The van der Waals surface area contributed by atoms with Crippen molar-refractivity contribution in [1.82, 2.24) is 5.32 Å². The molecule has 0 amide bonds. The summed E-state index contributed by atoms with van der Waals surface area (Å²) in [6, 6.07) is 2.79. The molecule has 1 atom stereocenters. The molecular weight excluding hydrogens is 274 g/mol. The molecule has 1 unspecified atom stereocenters. The van der Waals surface area contributed by atoms with Crippen LogP contribution in [0, 0.1) is 17.6 Å². The molecule has 0 radical (unpaired) electrons. The topological polar surface area (TPSA) is 24.5 Å². The zero-order valence-electron chi connectivity index (χ0n) is 13.4. The summed E-state index contributed by atoms with van der Waals surface area (Å²) in [6.45, 7) is 6.42. The van der Waals surface area contributed by atoms with E-state index in [9.17, 15) is 8.78 Å². The fraction of sp³-hybridized carbons (Fsp3) is 0.625. The molecule has 5 heteroatoms. The highest BCUT2D eigenvalue weighted by Gasteiger charge is 2.16. The Bertz CT molecular complexity index is 417. The molecule has 0 aliphatic carbocycles. The number of nitrogens with zero attached hydrogens (tertiary/aromatic N) is 1. The molecular formula is C16H26F2N2O. The Kier molecular flexibility index (Phi) is 7.61. The van der Waals surface area contributed by atoms with Crippen LogP contribution in [0.3, 0.4) is 0 Å². The van der Waals surface area contributed by atoms with Crippen molar-refractivity contribution in [3.8, 4) is 0 Å². The standard InChI is InChI=1S/C16H26F2N2O/c1-5-12(2)11-20(3)16-14(17)8-13(9-15(16)18)10-19-6-7-21-4/h8-9,12,19H,5-7,10-11H2,1-4H3. The highest BCUT2D eigenvalue weighted by Crippen LogP contribution is 2.25. The van der Waals surface area contributed by atoms with Crippen molar-refractivity contribution in [2.75, 3.05) is 38.8 Å². The van der Waals surface area contributed by atoms with E-state index in [1.165, 1.54) is 12.1 Å². The van der Waals surface area contributed by atoms with Gasteiger partial charge in [0.2, 0.25) is 0 Å². The number of benzene rings is 1. The largest absolute Gasteiger partial charge is 0.383 e. The lowest BCUT2D eigenvalue weighted by Crippen LogP contribution is -2.26. The quantitative estimate of drug-likeness (QED) is 0.709. The molecule has 0 aliphatic heterocycles. The van der Waals surface area contributed by atoms with Gasteiger partial charge in [0.1, 0.15) is 17.3 Å². The van der Waals surface area contributed by atoms with E-state index in [0.29, 0.717) is 37.7 Å². The van der Waals surface area contributed by atoms with Gasteiger partial charge in [-0.3, -0.25) is 0 Å². The van der Waals surface area contributed by atoms with Crippen molar-refractivity contribution in [2.24, 2.45) is 5.92 Å². The Balaban J connectivity index is 2.75. The van der Waals surface area contributed by atoms with Gasteiger partial charge >= 0.3 is 0 Å². The maximum atomic E-state index is 14.2. The summed E-state index contributed by atoms with van der Waals surface area (Å²) >= 11 is 0. The van der Waals surface area contributed by atoms with Crippen molar-refractivity contribution >= 4 is 5.69 Å². The van der Waals surface area contributed by atoms with Gasteiger partial charge in [-0.05, 0) is 23.6 Å². The Hall–Kier alpha value is -1.20. The second-order valence-electron chi connectivity index (χ2n) is 5.47. The van der Waals surface area contributed by atoms with Crippen molar-refractivity contribution in [3.63, 3.8) is 0 Å². The van der Waals surface area contributed by atoms with Crippen LogP contribution in [0.15, 0.2) is 12.1 Å². The van der Waals surface area contributed by atoms with E-state index < -0.39 is 11.6 Å². The van der Waals surface area contributed by atoms with Gasteiger partial charge in [-0.1, -0.05) is 20.3 Å². The second-order valence-corrected chi connectivity index (χ2v) is 5.47. The number of anilines is 1. The molecule has 0 spiro atoms. The van der Waals surface area contributed by atoms with Crippen molar-refractivity contribution in [1.29, 1.82) is 0 Å². The number of rotatable bonds is 9. The molecule has 21 heavy (non-hydrogen) atoms. The molecule has 120 valence electrons. The Labute approximate surface area is 126 Å². The lowest BCUT2D eigenvalue weighted by atomic mass is 10.1. The summed E-state index contributed by atoms with van der Waals surface area (Å²) in [6.07, 6.45) is 0.981. The zero-order valence-corrected chi connectivity index (χ0v) is 13.4. The van der Waals surface area contributed by atoms with Crippen LogP contribution in [-0.4, -0.2) is 33.9 Å². The summed E-state index contributed by atoms with van der Waals surface area (Å²) in [7, 11) is 3.34. The van der Waals surface area contributed by atoms with Gasteiger partial charge in [-0.25, -0.2) is 8.78 Å². The van der Waals surface area contributed by atoms with Gasteiger partial charge < -0.3 is 15.0 Å². The fourth-order valence-electron chi connectivity index (χ4n) is 2.18. The van der Waals surface area contributed by atoms with Gasteiger partial charge in [0.25, 0.3) is 0 Å². The Morgan fingerprint density at radius 1 is 1.29 bits per heavy atom. The number of halogens is 2. The van der Waals surface area contributed by atoms with Crippen LogP contribution in [0.2, 0.25) is 0 Å². The van der Waals surface area contributed by atoms with Crippen LogP contribution in [0.5, 0.6) is 0 Å². The van der Waals surface area contributed by atoms with Crippen LogP contribution >= 0.6 is 0 Å². The second kappa shape index (κ2) is 8.95.